The molecule has 1 aliphatic rings. The third-order valence-corrected chi connectivity index (χ3v) is 4.67. The molecule has 0 bridgehead atoms. The lowest BCUT2D eigenvalue weighted by atomic mass is 9.89. The summed E-state index contributed by atoms with van der Waals surface area (Å²) in [6.07, 6.45) is 0.0574. The van der Waals surface area contributed by atoms with Gasteiger partial charge in [-0.2, -0.15) is 0 Å². The van der Waals surface area contributed by atoms with Gasteiger partial charge in [-0.1, -0.05) is 48.0 Å². The molecule has 0 radical (unpaired) electrons. The number of benzene rings is 3. The third kappa shape index (κ3) is 3.51. The number of rotatable bonds is 4. The van der Waals surface area contributed by atoms with Crippen LogP contribution in [0.2, 0.25) is 5.02 Å². The highest BCUT2D eigenvalue weighted by Crippen LogP contribution is 2.32. The number of halogens is 2. The molecular formula is C20H19Cl2NO. The molecule has 1 heterocycles. The highest BCUT2D eigenvalue weighted by Gasteiger charge is 2.30. The van der Waals surface area contributed by atoms with Crippen molar-refractivity contribution >= 4 is 34.8 Å². The molecule has 3 aromatic rings. The summed E-state index contributed by atoms with van der Waals surface area (Å²) in [7, 11) is 0. The quantitative estimate of drug-likeness (QED) is 0.686. The standard InChI is InChI=1S/C20H18ClNO.ClH/c21-18-7-9-19(10-8-18)23-20(17-12-22-13-17)16-6-5-14-3-1-2-4-15(14)11-16;/h1-11,17,20,22H,12-13H2;1H. The smallest absolute Gasteiger partial charge is 0.129 e. The number of nitrogens with one attached hydrogen (secondary N) is 1. The first kappa shape index (κ1) is 17.1. The van der Waals surface area contributed by atoms with Crippen LogP contribution in [0.1, 0.15) is 11.7 Å². The Balaban J connectivity index is 0.00000169. The van der Waals surface area contributed by atoms with Crippen molar-refractivity contribution in [3.63, 3.8) is 0 Å². The molecule has 4 rings (SSSR count). The van der Waals surface area contributed by atoms with Gasteiger partial charge in [0, 0.05) is 24.0 Å². The molecule has 0 saturated carbocycles. The van der Waals surface area contributed by atoms with Crippen molar-refractivity contribution in [3.05, 3.63) is 77.3 Å². The average Bonchev–Trinajstić information content (AvgIpc) is 2.54. The fourth-order valence-corrected chi connectivity index (χ4v) is 3.13. The minimum atomic E-state index is 0. The predicted octanol–water partition coefficient (Wildman–Crippen LogP) is 5.25. The summed E-state index contributed by atoms with van der Waals surface area (Å²) in [6.45, 7) is 1.98. The van der Waals surface area contributed by atoms with Crippen LogP contribution < -0.4 is 10.1 Å². The summed E-state index contributed by atoms with van der Waals surface area (Å²) in [6, 6.07) is 22.6. The Morgan fingerprint density at radius 2 is 1.62 bits per heavy atom. The molecule has 124 valence electrons. The summed E-state index contributed by atoms with van der Waals surface area (Å²) in [5, 5.41) is 6.58. The van der Waals surface area contributed by atoms with Gasteiger partial charge < -0.3 is 10.1 Å². The van der Waals surface area contributed by atoms with E-state index in [0.717, 1.165) is 23.9 Å². The largest absolute Gasteiger partial charge is 0.485 e. The van der Waals surface area contributed by atoms with Gasteiger partial charge in [0.1, 0.15) is 11.9 Å². The van der Waals surface area contributed by atoms with Crippen molar-refractivity contribution in [2.24, 2.45) is 5.92 Å². The van der Waals surface area contributed by atoms with Crippen LogP contribution in [-0.4, -0.2) is 13.1 Å². The lowest BCUT2D eigenvalue weighted by molar-refractivity contribution is 0.0994. The first-order chi connectivity index (χ1) is 11.3. The molecule has 1 unspecified atom stereocenters. The van der Waals surface area contributed by atoms with E-state index in [1.54, 1.807) is 0 Å². The van der Waals surface area contributed by atoms with Crippen molar-refractivity contribution in [1.82, 2.24) is 5.32 Å². The highest BCUT2D eigenvalue weighted by atomic mass is 35.5. The minimum Gasteiger partial charge on any atom is -0.485 e. The van der Waals surface area contributed by atoms with E-state index in [1.807, 2.05) is 24.3 Å². The van der Waals surface area contributed by atoms with Gasteiger partial charge in [0.25, 0.3) is 0 Å². The molecule has 1 saturated heterocycles. The third-order valence-electron chi connectivity index (χ3n) is 4.42. The fourth-order valence-electron chi connectivity index (χ4n) is 3.01. The molecule has 3 aromatic carbocycles. The van der Waals surface area contributed by atoms with Gasteiger partial charge in [-0.3, -0.25) is 0 Å². The maximum atomic E-state index is 6.31. The Morgan fingerprint density at radius 3 is 2.29 bits per heavy atom. The lowest BCUT2D eigenvalue weighted by Crippen LogP contribution is -2.46. The maximum absolute atomic E-state index is 6.31. The fraction of sp³-hybridized carbons (Fsp3) is 0.200. The molecule has 2 nitrogen and oxygen atoms in total. The minimum absolute atomic E-state index is 0. The molecule has 4 heteroatoms. The van der Waals surface area contributed by atoms with Gasteiger partial charge in [0.05, 0.1) is 0 Å². The molecule has 24 heavy (non-hydrogen) atoms. The molecule has 1 N–H and O–H groups in total. The summed E-state index contributed by atoms with van der Waals surface area (Å²) in [5.41, 5.74) is 1.23. The zero-order valence-corrected chi connectivity index (χ0v) is 14.7. The monoisotopic (exact) mass is 359 g/mol. The van der Waals surface area contributed by atoms with E-state index in [0.29, 0.717) is 5.92 Å². The Morgan fingerprint density at radius 1 is 0.917 bits per heavy atom. The number of hydrogen-bond donors (Lipinski definition) is 1. The van der Waals surface area contributed by atoms with Crippen LogP contribution in [0.3, 0.4) is 0 Å². The molecule has 1 atom stereocenters. The Hall–Kier alpha value is -1.74. The van der Waals surface area contributed by atoms with E-state index in [4.69, 9.17) is 16.3 Å². The topological polar surface area (TPSA) is 21.3 Å². The van der Waals surface area contributed by atoms with Gasteiger partial charge in [-0.05, 0) is 46.7 Å². The van der Waals surface area contributed by atoms with E-state index >= 15 is 0 Å². The van der Waals surface area contributed by atoms with Crippen molar-refractivity contribution < 1.29 is 4.74 Å². The van der Waals surface area contributed by atoms with Gasteiger partial charge >= 0.3 is 0 Å². The molecule has 0 aromatic heterocycles. The molecular weight excluding hydrogens is 341 g/mol. The van der Waals surface area contributed by atoms with Crippen LogP contribution in [0.5, 0.6) is 5.75 Å². The van der Waals surface area contributed by atoms with Crippen molar-refractivity contribution in [3.8, 4) is 5.75 Å². The maximum Gasteiger partial charge on any atom is 0.129 e. The second-order valence-corrected chi connectivity index (χ2v) is 6.45. The Labute approximate surface area is 153 Å². The van der Waals surface area contributed by atoms with E-state index in [1.165, 1.54) is 16.3 Å². The number of fused-ring (bicyclic) bond motifs is 1. The molecule has 1 fully saturated rings. The van der Waals surface area contributed by atoms with Crippen LogP contribution in [0.4, 0.5) is 0 Å². The Kier molecular flexibility index (Phi) is 5.30. The summed E-state index contributed by atoms with van der Waals surface area (Å²) < 4.78 is 6.31. The Bertz CT molecular complexity index is 815. The van der Waals surface area contributed by atoms with Crippen LogP contribution in [0.25, 0.3) is 10.8 Å². The summed E-state index contributed by atoms with van der Waals surface area (Å²) in [4.78, 5) is 0. The normalized spacial score (nSPS) is 15.4. The summed E-state index contributed by atoms with van der Waals surface area (Å²) in [5.74, 6) is 1.35. The van der Waals surface area contributed by atoms with E-state index in [-0.39, 0.29) is 18.5 Å². The second kappa shape index (κ2) is 7.43. The van der Waals surface area contributed by atoms with Crippen molar-refractivity contribution in [2.45, 2.75) is 6.10 Å². The molecule has 0 aliphatic carbocycles. The zero-order chi connectivity index (χ0) is 15.6. The molecule has 0 amide bonds. The number of hydrogen-bond acceptors (Lipinski definition) is 2. The molecule has 1 aliphatic heterocycles. The van der Waals surface area contributed by atoms with Crippen molar-refractivity contribution in [2.75, 3.05) is 13.1 Å². The van der Waals surface area contributed by atoms with Gasteiger partial charge in [-0.25, -0.2) is 0 Å². The summed E-state index contributed by atoms with van der Waals surface area (Å²) >= 11 is 5.97. The van der Waals surface area contributed by atoms with Crippen LogP contribution in [0, 0.1) is 5.92 Å². The number of ether oxygens (including phenoxy) is 1. The van der Waals surface area contributed by atoms with Crippen molar-refractivity contribution in [1.29, 1.82) is 0 Å². The zero-order valence-electron chi connectivity index (χ0n) is 13.1. The van der Waals surface area contributed by atoms with Crippen LogP contribution >= 0.6 is 24.0 Å². The second-order valence-electron chi connectivity index (χ2n) is 6.02. The first-order valence-electron chi connectivity index (χ1n) is 7.91. The van der Waals surface area contributed by atoms with Gasteiger partial charge in [0.15, 0.2) is 0 Å². The van der Waals surface area contributed by atoms with E-state index in [9.17, 15) is 0 Å². The van der Waals surface area contributed by atoms with Crippen LogP contribution in [0.15, 0.2) is 66.7 Å². The van der Waals surface area contributed by atoms with E-state index < -0.39 is 0 Å². The van der Waals surface area contributed by atoms with Gasteiger partial charge in [-0.15, -0.1) is 12.4 Å². The van der Waals surface area contributed by atoms with Crippen LogP contribution in [-0.2, 0) is 0 Å². The van der Waals surface area contributed by atoms with E-state index in [2.05, 4.69) is 47.8 Å². The SMILES string of the molecule is Cl.Clc1ccc(OC(c2ccc3ccccc3c2)C2CNC2)cc1. The highest BCUT2D eigenvalue weighted by molar-refractivity contribution is 6.30. The first-order valence-corrected chi connectivity index (χ1v) is 8.29. The molecule has 0 spiro atoms. The predicted molar refractivity (Wildman–Crippen MR) is 102 cm³/mol. The average molecular weight is 360 g/mol. The lowest BCUT2D eigenvalue weighted by Gasteiger charge is -2.35. The van der Waals surface area contributed by atoms with Gasteiger partial charge in [0.2, 0.25) is 0 Å².